The van der Waals surface area contributed by atoms with Crippen LogP contribution in [0.2, 0.25) is 10.0 Å². The third-order valence-corrected chi connectivity index (χ3v) is 4.91. The molecule has 2 aromatic heterocycles. The molecule has 0 amide bonds. The lowest BCUT2D eigenvalue weighted by atomic mass is 10.1. The standard InChI is InChI=1S/C22H13Cl2N3O2/c1-12-2-5-16-19(8-12)26-21(27-22(16)28)13(11-25)9-15-4-7-20(29-15)17-10-14(23)3-6-18(17)24/h2-10H,1H3,(H,26,27,28)/b13-9+. The SMILES string of the molecule is Cc1ccc2c(=O)[nH]c(/C(C#N)=C/c3ccc(-c4cc(Cl)ccc4Cl)o3)nc2c1. The molecular weight excluding hydrogens is 409 g/mol. The fourth-order valence-corrected chi connectivity index (χ4v) is 3.32. The van der Waals surface area contributed by atoms with Crippen LogP contribution in [0.3, 0.4) is 0 Å². The summed E-state index contributed by atoms with van der Waals surface area (Å²) in [5.41, 5.74) is 2.00. The Labute approximate surface area is 175 Å². The average molecular weight is 422 g/mol. The number of halogens is 2. The van der Waals surface area contributed by atoms with Gasteiger partial charge in [0.25, 0.3) is 5.56 Å². The fourth-order valence-electron chi connectivity index (χ4n) is 2.93. The van der Waals surface area contributed by atoms with Crippen LogP contribution in [0, 0.1) is 18.3 Å². The summed E-state index contributed by atoms with van der Waals surface area (Å²) in [7, 11) is 0. The van der Waals surface area contributed by atoms with Crippen LogP contribution in [-0.4, -0.2) is 9.97 Å². The van der Waals surface area contributed by atoms with Crippen LogP contribution in [0.1, 0.15) is 17.1 Å². The molecule has 0 aliphatic heterocycles. The Morgan fingerprint density at radius 3 is 2.79 bits per heavy atom. The lowest BCUT2D eigenvalue weighted by molar-refractivity contribution is 0.572. The van der Waals surface area contributed by atoms with Gasteiger partial charge in [0.05, 0.1) is 21.5 Å². The van der Waals surface area contributed by atoms with Crippen LogP contribution in [0.15, 0.2) is 57.7 Å². The van der Waals surface area contributed by atoms with Crippen molar-refractivity contribution in [3.05, 3.63) is 86.1 Å². The predicted molar refractivity (Wildman–Crippen MR) is 115 cm³/mol. The topological polar surface area (TPSA) is 82.7 Å². The summed E-state index contributed by atoms with van der Waals surface area (Å²) in [6.45, 7) is 1.91. The number of aromatic amines is 1. The van der Waals surface area contributed by atoms with Crippen LogP contribution in [0.4, 0.5) is 0 Å². The summed E-state index contributed by atoms with van der Waals surface area (Å²) >= 11 is 12.3. The molecule has 7 heteroatoms. The van der Waals surface area contributed by atoms with Gasteiger partial charge in [-0.15, -0.1) is 0 Å². The zero-order chi connectivity index (χ0) is 20.5. The quantitative estimate of drug-likeness (QED) is 0.419. The van der Waals surface area contributed by atoms with Gasteiger partial charge in [-0.05, 0) is 55.0 Å². The van der Waals surface area contributed by atoms with Gasteiger partial charge in [0.1, 0.15) is 17.6 Å². The Bertz CT molecular complexity index is 1380. The molecule has 0 saturated carbocycles. The molecule has 4 rings (SSSR count). The van der Waals surface area contributed by atoms with E-state index in [1.807, 2.05) is 13.0 Å². The Balaban J connectivity index is 1.77. The predicted octanol–water partition coefficient (Wildman–Crippen LogP) is 5.86. The molecule has 2 heterocycles. The zero-order valence-corrected chi connectivity index (χ0v) is 16.7. The maximum atomic E-state index is 12.4. The molecule has 0 aliphatic carbocycles. The van der Waals surface area contributed by atoms with Crippen molar-refractivity contribution >= 4 is 45.8 Å². The van der Waals surface area contributed by atoms with E-state index in [0.29, 0.717) is 38.0 Å². The third-order valence-electron chi connectivity index (χ3n) is 4.34. The summed E-state index contributed by atoms with van der Waals surface area (Å²) in [5, 5.41) is 11.1. The number of nitriles is 1. The Hall–Kier alpha value is -3.33. The molecule has 0 atom stereocenters. The van der Waals surface area contributed by atoms with E-state index in [2.05, 4.69) is 16.0 Å². The number of H-pyrrole nitrogens is 1. The third kappa shape index (κ3) is 3.81. The molecule has 5 nitrogen and oxygen atoms in total. The van der Waals surface area contributed by atoms with Crippen molar-refractivity contribution in [3.8, 4) is 17.4 Å². The molecule has 0 radical (unpaired) electrons. The second-order valence-electron chi connectivity index (χ2n) is 6.43. The highest BCUT2D eigenvalue weighted by Gasteiger charge is 2.12. The highest BCUT2D eigenvalue weighted by Crippen LogP contribution is 2.32. The normalized spacial score (nSPS) is 11.6. The number of hydrogen-bond donors (Lipinski definition) is 1. The molecule has 0 bridgehead atoms. The van der Waals surface area contributed by atoms with Crippen LogP contribution in [0.5, 0.6) is 0 Å². The molecule has 142 valence electrons. The van der Waals surface area contributed by atoms with E-state index < -0.39 is 0 Å². The molecule has 29 heavy (non-hydrogen) atoms. The number of benzene rings is 2. The van der Waals surface area contributed by atoms with Gasteiger partial charge in [-0.3, -0.25) is 4.79 Å². The van der Waals surface area contributed by atoms with Gasteiger partial charge < -0.3 is 9.40 Å². The number of furan rings is 1. The molecule has 0 aliphatic rings. The Morgan fingerprint density at radius 2 is 2.00 bits per heavy atom. The number of aryl methyl sites for hydroxylation is 1. The van der Waals surface area contributed by atoms with Gasteiger partial charge in [0.2, 0.25) is 0 Å². The van der Waals surface area contributed by atoms with Crippen LogP contribution in [0.25, 0.3) is 33.9 Å². The molecule has 4 aromatic rings. The van der Waals surface area contributed by atoms with Gasteiger partial charge in [0.15, 0.2) is 5.82 Å². The second kappa shape index (κ2) is 7.59. The molecule has 0 spiro atoms. The minimum atomic E-state index is -0.308. The average Bonchev–Trinajstić information content (AvgIpc) is 3.16. The van der Waals surface area contributed by atoms with Crippen molar-refractivity contribution in [2.75, 3.05) is 0 Å². The molecule has 1 N–H and O–H groups in total. The number of rotatable bonds is 3. The van der Waals surface area contributed by atoms with E-state index in [0.717, 1.165) is 5.56 Å². The maximum Gasteiger partial charge on any atom is 0.259 e. The summed E-state index contributed by atoms with van der Waals surface area (Å²) < 4.78 is 5.81. The minimum absolute atomic E-state index is 0.170. The molecule has 0 unspecified atom stereocenters. The van der Waals surface area contributed by atoms with E-state index in [1.54, 1.807) is 42.5 Å². The largest absolute Gasteiger partial charge is 0.457 e. The van der Waals surface area contributed by atoms with Crippen LogP contribution >= 0.6 is 23.2 Å². The van der Waals surface area contributed by atoms with Gasteiger partial charge in [-0.1, -0.05) is 29.3 Å². The lowest BCUT2D eigenvalue weighted by Crippen LogP contribution is -2.11. The number of aromatic nitrogens is 2. The number of hydrogen-bond acceptors (Lipinski definition) is 4. The first-order chi connectivity index (χ1) is 13.9. The first kappa shape index (κ1) is 19.0. The van der Waals surface area contributed by atoms with Crippen LogP contribution in [-0.2, 0) is 0 Å². The number of allylic oxidation sites excluding steroid dienone is 1. The fraction of sp³-hybridized carbons (Fsp3) is 0.0455. The molecule has 0 fully saturated rings. The van der Waals surface area contributed by atoms with Crippen molar-refractivity contribution in [3.63, 3.8) is 0 Å². The monoisotopic (exact) mass is 421 g/mol. The van der Waals surface area contributed by atoms with E-state index in [-0.39, 0.29) is 17.0 Å². The van der Waals surface area contributed by atoms with Crippen molar-refractivity contribution in [1.82, 2.24) is 9.97 Å². The molecule has 0 saturated heterocycles. The molecule has 2 aromatic carbocycles. The second-order valence-corrected chi connectivity index (χ2v) is 7.27. The van der Waals surface area contributed by atoms with Gasteiger partial charge in [0, 0.05) is 16.7 Å². The van der Waals surface area contributed by atoms with Gasteiger partial charge in [-0.2, -0.15) is 5.26 Å². The first-order valence-corrected chi connectivity index (χ1v) is 9.38. The van der Waals surface area contributed by atoms with Crippen molar-refractivity contribution in [2.45, 2.75) is 6.92 Å². The van der Waals surface area contributed by atoms with Crippen molar-refractivity contribution < 1.29 is 4.42 Å². The summed E-state index contributed by atoms with van der Waals surface area (Å²) in [4.78, 5) is 19.4. The smallest absolute Gasteiger partial charge is 0.259 e. The summed E-state index contributed by atoms with van der Waals surface area (Å²) in [6, 6.07) is 15.9. The Kier molecular flexibility index (Phi) is 4.98. The number of fused-ring (bicyclic) bond motifs is 1. The number of nitrogens with zero attached hydrogens (tertiary/aromatic N) is 2. The highest BCUT2D eigenvalue weighted by atomic mass is 35.5. The zero-order valence-electron chi connectivity index (χ0n) is 15.2. The van der Waals surface area contributed by atoms with Gasteiger partial charge >= 0.3 is 0 Å². The molecular formula is C22H13Cl2N3O2. The summed E-state index contributed by atoms with van der Waals surface area (Å²) in [6.07, 6.45) is 1.52. The summed E-state index contributed by atoms with van der Waals surface area (Å²) in [5.74, 6) is 1.10. The van der Waals surface area contributed by atoms with E-state index in [9.17, 15) is 10.1 Å². The first-order valence-electron chi connectivity index (χ1n) is 8.63. The van der Waals surface area contributed by atoms with E-state index in [1.165, 1.54) is 6.08 Å². The van der Waals surface area contributed by atoms with E-state index in [4.69, 9.17) is 27.6 Å². The number of nitrogens with one attached hydrogen (secondary N) is 1. The van der Waals surface area contributed by atoms with Crippen molar-refractivity contribution in [2.24, 2.45) is 0 Å². The van der Waals surface area contributed by atoms with Crippen molar-refractivity contribution in [1.29, 1.82) is 5.26 Å². The van der Waals surface area contributed by atoms with Crippen LogP contribution < -0.4 is 5.56 Å². The van der Waals surface area contributed by atoms with E-state index >= 15 is 0 Å². The Morgan fingerprint density at radius 1 is 1.17 bits per heavy atom. The lowest BCUT2D eigenvalue weighted by Gasteiger charge is -2.03. The minimum Gasteiger partial charge on any atom is -0.457 e. The maximum absolute atomic E-state index is 12.4. The highest BCUT2D eigenvalue weighted by molar-refractivity contribution is 6.35. The van der Waals surface area contributed by atoms with Gasteiger partial charge in [-0.25, -0.2) is 4.98 Å².